The number of para-hydroxylation sites is 1. The van der Waals surface area contributed by atoms with E-state index in [2.05, 4.69) is 33.9 Å². The van der Waals surface area contributed by atoms with Crippen LogP contribution >= 0.6 is 7.75 Å². The molecule has 3 aromatic rings. The standard InChI is InChI=1S/C33H48N7O8P/c1-6-11-23(12-7-2)17-45-30(42)22(5)39-49(44,48-25-13-9-8-10-14-25)47-19-33(18-46-31(43)26(34)21(3)4)15-24(33)16-40-20-36-27-28(40)37-32(35)38-29(27)41/h8-10,13-14,16,20-23,26H,6-7,11-12,15,17-19,34H2,1-5H3,(H,39,44)(H3,35,37,38,41)/b24-16-/t22?,26?,33-,49-/m0/s1. The van der Waals surface area contributed by atoms with E-state index in [1.807, 2.05) is 0 Å². The summed E-state index contributed by atoms with van der Waals surface area (Å²) in [6.45, 7) is 9.18. The number of nitrogens with two attached hydrogens (primary N) is 2. The van der Waals surface area contributed by atoms with Crippen molar-refractivity contribution in [2.24, 2.45) is 23.0 Å². The molecule has 49 heavy (non-hydrogen) atoms. The van der Waals surface area contributed by atoms with Gasteiger partial charge in [-0.1, -0.05) is 58.7 Å². The van der Waals surface area contributed by atoms with Crippen LogP contribution < -0.4 is 26.6 Å². The van der Waals surface area contributed by atoms with Crippen LogP contribution in [0.3, 0.4) is 0 Å². The molecular weight excluding hydrogens is 653 g/mol. The highest BCUT2D eigenvalue weighted by molar-refractivity contribution is 7.52. The normalized spacial score (nSPS) is 19.1. The number of ether oxygens (including phenoxy) is 2. The highest BCUT2D eigenvalue weighted by Gasteiger charge is 2.52. The summed E-state index contributed by atoms with van der Waals surface area (Å²) in [6, 6.07) is 6.52. The SMILES string of the molecule is CCCC(CCC)COC(=O)C(C)N[P@](=O)(OC[C@@]1(COC(=O)C(N)C(C)C)C/C1=C/n1cnc2c(=O)[nH]c(N)nc21)Oc1ccccc1. The fourth-order valence-electron chi connectivity index (χ4n) is 5.28. The summed E-state index contributed by atoms with van der Waals surface area (Å²) in [5.74, 6) is -0.951. The van der Waals surface area contributed by atoms with Crippen molar-refractivity contribution in [2.75, 3.05) is 25.6 Å². The van der Waals surface area contributed by atoms with Crippen LogP contribution in [-0.4, -0.2) is 63.4 Å². The third-order valence-corrected chi connectivity index (χ3v) is 9.98. The van der Waals surface area contributed by atoms with E-state index < -0.39 is 42.7 Å². The number of carbonyl (C=O) groups is 2. The molecule has 6 N–H and O–H groups in total. The molecule has 4 atom stereocenters. The number of nitrogens with zero attached hydrogens (tertiary/aromatic N) is 3. The first-order chi connectivity index (χ1) is 23.3. The summed E-state index contributed by atoms with van der Waals surface area (Å²) in [4.78, 5) is 48.9. The average Bonchev–Trinajstić information content (AvgIpc) is 3.59. The van der Waals surface area contributed by atoms with E-state index >= 15 is 0 Å². The van der Waals surface area contributed by atoms with Crippen LogP contribution in [0.1, 0.15) is 66.7 Å². The average molecular weight is 702 g/mol. The molecule has 0 spiro atoms. The highest BCUT2D eigenvalue weighted by Crippen LogP contribution is 2.56. The van der Waals surface area contributed by atoms with E-state index in [1.165, 1.54) is 17.8 Å². The minimum absolute atomic E-state index is 0.0800. The van der Waals surface area contributed by atoms with Gasteiger partial charge >= 0.3 is 19.7 Å². The lowest BCUT2D eigenvalue weighted by atomic mass is 9.99. The number of aromatic amines is 1. The monoisotopic (exact) mass is 701 g/mol. The Kier molecular flexibility index (Phi) is 12.8. The zero-order valence-electron chi connectivity index (χ0n) is 28.7. The molecule has 1 saturated carbocycles. The van der Waals surface area contributed by atoms with Gasteiger partial charge in [-0.2, -0.15) is 10.1 Å². The molecule has 0 bridgehead atoms. The van der Waals surface area contributed by atoms with E-state index in [-0.39, 0.29) is 54.5 Å². The Morgan fingerprint density at radius 3 is 2.45 bits per heavy atom. The van der Waals surface area contributed by atoms with Gasteiger partial charge in [-0.3, -0.25) is 28.5 Å². The zero-order valence-corrected chi connectivity index (χ0v) is 29.6. The topological polar surface area (TPSA) is 216 Å². The Labute approximate surface area is 285 Å². The Bertz CT molecular complexity index is 1720. The number of H-pyrrole nitrogens is 1. The lowest BCUT2D eigenvalue weighted by Crippen LogP contribution is -2.38. The minimum Gasteiger partial charge on any atom is -0.464 e. The van der Waals surface area contributed by atoms with Crippen molar-refractivity contribution in [3.05, 3.63) is 52.6 Å². The summed E-state index contributed by atoms with van der Waals surface area (Å²) < 4.78 is 39.0. The van der Waals surface area contributed by atoms with Crippen molar-refractivity contribution < 1.29 is 32.7 Å². The lowest BCUT2D eigenvalue weighted by molar-refractivity contribution is -0.148. The van der Waals surface area contributed by atoms with Crippen molar-refractivity contribution in [3.8, 4) is 5.75 Å². The number of nitrogen functional groups attached to an aromatic ring is 1. The van der Waals surface area contributed by atoms with Gasteiger partial charge in [0.05, 0.1) is 18.6 Å². The van der Waals surface area contributed by atoms with Crippen molar-refractivity contribution >= 4 is 43.0 Å². The van der Waals surface area contributed by atoms with Gasteiger partial charge in [0.2, 0.25) is 5.95 Å². The number of fused-ring (bicyclic) bond motifs is 1. The smallest absolute Gasteiger partial charge is 0.459 e. The van der Waals surface area contributed by atoms with Crippen LogP contribution in [0.5, 0.6) is 5.75 Å². The van der Waals surface area contributed by atoms with E-state index in [0.29, 0.717) is 6.42 Å². The van der Waals surface area contributed by atoms with Crippen molar-refractivity contribution in [2.45, 2.75) is 78.8 Å². The van der Waals surface area contributed by atoms with Crippen molar-refractivity contribution in [1.82, 2.24) is 24.6 Å². The Balaban J connectivity index is 1.58. The maximum atomic E-state index is 14.3. The highest BCUT2D eigenvalue weighted by atomic mass is 31.2. The number of carbonyl (C=O) groups excluding carboxylic acids is 2. The fraction of sp³-hybridized carbons (Fsp3) is 0.545. The molecular formula is C33H48N7O8P. The van der Waals surface area contributed by atoms with Crippen LogP contribution in [0, 0.1) is 17.3 Å². The molecule has 2 aromatic heterocycles. The lowest BCUT2D eigenvalue weighted by Gasteiger charge is -2.25. The third kappa shape index (κ3) is 10.0. The van der Waals surface area contributed by atoms with Gasteiger partial charge in [0.1, 0.15) is 30.8 Å². The number of anilines is 1. The Morgan fingerprint density at radius 2 is 1.80 bits per heavy atom. The second-order valence-corrected chi connectivity index (χ2v) is 14.6. The predicted octanol–water partition coefficient (Wildman–Crippen LogP) is 4.40. The Hall–Kier alpha value is -4.04. The van der Waals surface area contributed by atoms with Gasteiger partial charge in [0, 0.05) is 6.20 Å². The molecule has 1 aliphatic carbocycles. The quantitative estimate of drug-likeness (QED) is 0.101. The molecule has 268 valence electrons. The molecule has 0 aliphatic heterocycles. The largest absolute Gasteiger partial charge is 0.464 e. The zero-order chi connectivity index (χ0) is 35.8. The maximum Gasteiger partial charge on any atom is 0.459 e. The number of esters is 2. The van der Waals surface area contributed by atoms with E-state index in [0.717, 1.165) is 31.3 Å². The van der Waals surface area contributed by atoms with Gasteiger partial charge in [-0.25, -0.2) is 9.55 Å². The predicted molar refractivity (Wildman–Crippen MR) is 185 cm³/mol. The summed E-state index contributed by atoms with van der Waals surface area (Å²) in [5.41, 5.74) is 11.4. The molecule has 0 radical (unpaired) electrons. The summed E-state index contributed by atoms with van der Waals surface area (Å²) in [7, 11) is -4.25. The number of benzene rings is 1. The second kappa shape index (κ2) is 16.6. The van der Waals surface area contributed by atoms with E-state index in [9.17, 15) is 18.9 Å². The van der Waals surface area contributed by atoms with Gasteiger partial charge < -0.3 is 25.5 Å². The third-order valence-electron chi connectivity index (χ3n) is 8.35. The summed E-state index contributed by atoms with van der Waals surface area (Å²) >= 11 is 0. The molecule has 0 saturated heterocycles. The van der Waals surface area contributed by atoms with Gasteiger partial charge in [0.15, 0.2) is 11.2 Å². The minimum atomic E-state index is -4.25. The molecule has 2 heterocycles. The van der Waals surface area contributed by atoms with Gasteiger partial charge in [0.25, 0.3) is 5.56 Å². The molecule has 16 heteroatoms. The number of nitrogens with one attached hydrogen (secondary N) is 2. The van der Waals surface area contributed by atoms with Crippen LogP contribution in [0.2, 0.25) is 0 Å². The Morgan fingerprint density at radius 1 is 1.10 bits per heavy atom. The molecule has 4 rings (SSSR count). The molecule has 1 aromatic carbocycles. The summed E-state index contributed by atoms with van der Waals surface area (Å²) in [5, 5.41) is 2.74. The van der Waals surface area contributed by atoms with Gasteiger partial charge in [-0.05, 0) is 55.7 Å². The molecule has 0 amide bonds. The van der Waals surface area contributed by atoms with E-state index in [4.69, 9.17) is 30.0 Å². The second-order valence-electron chi connectivity index (χ2n) is 12.9. The van der Waals surface area contributed by atoms with Crippen molar-refractivity contribution in [3.63, 3.8) is 0 Å². The molecule has 1 aliphatic rings. The number of imidazole rings is 1. The fourth-order valence-corrected chi connectivity index (χ4v) is 6.85. The maximum absolute atomic E-state index is 14.3. The van der Waals surface area contributed by atoms with Crippen LogP contribution in [-0.2, 0) is 28.2 Å². The molecule has 1 fully saturated rings. The van der Waals surface area contributed by atoms with Gasteiger partial charge in [-0.15, -0.1) is 0 Å². The first-order valence-electron chi connectivity index (χ1n) is 16.6. The van der Waals surface area contributed by atoms with E-state index in [1.54, 1.807) is 50.4 Å². The molecule has 2 unspecified atom stereocenters. The first kappa shape index (κ1) is 37.8. The van der Waals surface area contributed by atoms with Crippen molar-refractivity contribution in [1.29, 1.82) is 0 Å². The summed E-state index contributed by atoms with van der Waals surface area (Å²) in [6.07, 6.45) is 7.26. The van der Waals surface area contributed by atoms with Crippen LogP contribution in [0.25, 0.3) is 17.4 Å². The number of hydrogen-bond acceptors (Lipinski definition) is 12. The van der Waals surface area contributed by atoms with Crippen LogP contribution in [0.15, 0.2) is 47.0 Å². The first-order valence-corrected chi connectivity index (χ1v) is 18.1. The number of hydrogen-bond donors (Lipinski definition) is 4. The number of aromatic nitrogens is 4. The molecule has 15 nitrogen and oxygen atoms in total. The van der Waals surface area contributed by atoms with Crippen LogP contribution in [0.4, 0.5) is 5.95 Å². The number of rotatable bonds is 19.